The van der Waals surface area contributed by atoms with Crippen LogP contribution in [-0.2, 0) is 4.74 Å². The first-order valence-electron chi connectivity index (χ1n) is 8.13. The molecule has 5 nitrogen and oxygen atoms in total. The Morgan fingerprint density at radius 3 is 3.00 bits per heavy atom. The average molecular weight is 311 g/mol. The summed E-state index contributed by atoms with van der Waals surface area (Å²) in [6.45, 7) is 3.97. The van der Waals surface area contributed by atoms with Gasteiger partial charge in [-0.2, -0.15) is 0 Å². The minimum absolute atomic E-state index is 0.0686. The third-order valence-corrected chi connectivity index (χ3v) is 4.75. The number of nitrogens with zero attached hydrogens (tertiary/aromatic N) is 3. The molecular formula is C18H21N3O2. The van der Waals surface area contributed by atoms with Gasteiger partial charge in [-0.3, -0.25) is 9.78 Å². The monoisotopic (exact) mass is 311 g/mol. The van der Waals surface area contributed by atoms with Crippen molar-refractivity contribution in [2.45, 2.75) is 6.04 Å². The molecule has 2 atom stereocenters. The van der Waals surface area contributed by atoms with Crippen molar-refractivity contribution in [3.8, 4) is 0 Å². The molecule has 0 radical (unpaired) electrons. The molecule has 1 aromatic heterocycles. The number of hydrogen-bond donors (Lipinski definition) is 0. The molecule has 0 spiro atoms. The van der Waals surface area contributed by atoms with Gasteiger partial charge in [0.2, 0.25) is 0 Å². The Hall–Kier alpha value is -1.98. The summed E-state index contributed by atoms with van der Waals surface area (Å²) in [6.07, 6.45) is 1.70. The molecule has 2 aliphatic rings. The quantitative estimate of drug-likeness (QED) is 0.803. The molecule has 2 aromatic rings. The summed E-state index contributed by atoms with van der Waals surface area (Å²) < 4.78 is 5.76. The van der Waals surface area contributed by atoms with E-state index in [0.717, 1.165) is 37.1 Å². The van der Waals surface area contributed by atoms with E-state index in [-0.39, 0.29) is 11.9 Å². The van der Waals surface area contributed by atoms with Crippen molar-refractivity contribution >= 4 is 16.8 Å². The maximum atomic E-state index is 13.1. The van der Waals surface area contributed by atoms with Gasteiger partial charge in [-0.1, -0.05) is 18.2 Å². The van der Waals surface area contributed by atoms with E-state index >= 15 is 0 Å². The zero-order valence-corrected chi connectivity index (χ0v) is 13.3. The van der Waals surface area contributed by atoms with Crippen LogP contribution in [0.3, 0.4) is 0 Å². The number of ether oxygens (including phenoxy) is 1. The standard InChI is InChI=1S/C18H21N3O2/c1-20-8-13-9-21(16(10-20)12-23-11-13)18(22)15-6-14-4-2-3-5-17(14)19-7-15/h2-7,13,16H,8-12H2,1H3/t13-,16-/m0/s1. The lowest BCUT2D eigenvalue weighted by Gasteiger charge is -2.29. The van der Waals surface area contributed by atoms with Gasteiger partial charge in [0.15, 0.2) is 0 Å². The lowest BCUT2D eigenvalue weighted by atomic mass is 10.1. The Kier molecular flexibility index (Phi) is 3.75. The largest absolute Gasteiger partial charge is 0.379 e. The molecule has 2 saturated heterocycles. The third kappa shape index (κ3) is 2.82. The molecule has 0 unspecified atom stereocenters. The fourth-order valence-corrected chi connectivity index (χ4v) is 3.68. The molecule has 4 rings (SSSR count). The van der Waals surface area contributed by atoms with Crippen LogP contribution in [-0.4, -0.2) is 66.6 Å². The molecule has 2 fully saturated rings. The fraction of sp³-hybridized carbons (Fsp3) is 0.444. The maximum Gasteiger partial charge on any atom is 0.255 e. The van der Waals surface area contributed by atoms with Crippen molar-refractivity contribution in [2.24, 2.45) is 5.92 Å². The van der Waals surface area contributed by atoms with Crippen LogP contribution in [0.1, 0.15) is 10.4 Å². The van der Waals surface area contributed by atoms with Gasteiger partial charge in [0, 0.05) is 37.1 Å². The van der Waals surface area contributed by atoms with Crippen molar-refractivity contribution in [2.75, 3.05) is 39.9 Å². The van der Waals surface area contributed by atoms with Crippen molar-refractivity contribution < 1.29 is 9.53 Å². The first-order chi connectivity index (χ1) is 11.2. The van der Waals surface area contributed by atoms with Gasteiger partial charge in [0.25, 0.3) is 5.91 Å². The van der Waals surface area contributed by atoms with Crippen molar-refractivity contribution in [3.63, 3.8) is 0 Å². The van der Waals surface area contributed by atoms with Crippen LogP contribution >= 0.6 is 0 Å². The van der Waals surface area contributed by atoms with E-state index in [9.17, 15) is 4.79 Å². The fourth-order valence-electron chi connectivity index (χ4n) is 3.68. The first-order valence-corrected chi connectivity index (χ1v) is 8.13. The van der Waals surface area contributed by atoms with Crippen LogP contribution in [0.25, 0.3) is 10.9 Å². The molecule has 0 saturated carbocycles. The molecule has 0 aliphatic carbocycles. The van der Waals surface area contributed by atoms with Crippen LogP contribution in [0.2, 0.25) is 0 Å². The first kappa shape index (κ1) is 14.6. The van der Waals surface area contributed by atoms with E-state index in [0.29, 0.717) is 18.1 Å². The molecule has 1 amide bonds. The van der Waals surface area contributed by atoms with E-state index in [1.165, 1.54) is 0 Å². The Labute approximate surface area is 135 Å². The summed E-state index contributed by atoms with van der Waals surface area (Å²) in [5.74, 6) is 0.448. The average Bonchev–Trinajstić information content (AvgIpc) is 2.84. The highest BCUT2D eigenvalue weighted by Crippen LogP contribution is 2.22. The number of likely N-dealkylation sites (N-methyl/N-ethyl adjacent to an activating group) is 1. The third-order valence-electron chi connectivity index (χ3n) is 4.75. The molecule has 2 aliphatic heterocycles. The minimum Gasteiger partial charge on any atom is -0.379 e. The van der Waals surface area contributed by atoms with Crippen LogP contribution in [0.15, 0.2) is 36.5 Å². The van der Waals surface area contributed by atoms with Gasteiger partial charge in [-0.05, 0) is 19.2 Å². The molecule has 3 heterocycles. The summed E-state index contributed by atoms with van der Waals surface area (Å²) in [5, 5.41) is 1.00. The lowest BCUT2D eigenvalue weighted by molar-refractivity contribution is 0.0483. The van der Waals surface area contributed by atoms with E-state index in [1.54, 1.807) is 6.20 Å². The second-order valence-corrected chi connectivity index (χ2v) is 6.65. The van der Waals surface area contributed by atoms with Crippen molar-refractivity contribution in [1.82, 2.24) is 14.8 Å². The van der Waals surface area contributed by atoms with Crippen molar-refractivity contribution in [3.05, 3.63) is 42.1 Å². The number of rotatable bonds is 1. The van der Waals surface area contributed by atoms with E-state index in [1.807, 2.05) is 35.2 Å². The summed E-state index contributed by atoms with van der Waals surface area (Å²) in [4.78, 5) is 21.8. The molecular weight excluding hydrogens is 290 g/mol. The molecule has 2 bridgehead atoms. The van der Waals surface area contributed by atoms with Crippen molar-refractivity contribution in [1.29, 1.82) is 0 Å². The van der Waals surface area contributed by atoms with Gasteiger partial charge in [0.1, 0.15) is 0 Å². The van der Waals surface area contributed by atoms with Gasteiger partial charge >= 0.3 is 0 Å². The molecule has 0 N–H and O–H groups in total. The predicted octanol–water partition coefficient (Wildman–Crippen LogP) is 1.64. The summed E-state index contributed by atoms with van der Waals surface area (Å²) in [5.41, 5.74) is 1.58. The highest BCUT2D eigenvalue weighted by Gasteiger charge is 2.35. The number of hydrogen-bond acceptors (Lipinski definition) is 4. The molecule has 1 aromatic carbocycles. The van der Waals surface area contributed by atoms with Crippen LogP contribution in [0.4, 0.5) is 0 Å². The molecule has 23 heavy (non-hydrogen) atoms. The van der Waals surface area contributed by atoms with Gasteiger partial charge in [-0.25, -0.2) is 0 Å². The SMILES string of the molecule is CN1C[C@@H]2COC[C@H](C1)N(C(=O)c1cnc3ccccc3c1)C2. The number of aromatic nitrogens is 1. The number of fused-ring (bicyclic) bond motifs is 4. The Balaban J connectivity index is 1.66. The Bertz CT molecular complexity index is 733. The highest BCUT2D eigenvalue weighted by atomic mass is 16.5. The lowest BCUT2D eigenvalue weighted by Crippen LogP contribution is -2.46. The smallest absolute Gasteiger partial charge is 0.255 e. The topological polar surface area (TPSA) is 45.7 Å². The van der Waals surface area contributed by atoms with Crippen LogP contribution in [0.5, 0.6) is 0 Å². The number of amides is 1. The summed E-state index contributed by atoms with van der Waals surface area (Å²) in [7, 11) is 2.12. The maximum absolute atomic E-state index is 13.1. The summed E-state index contributed by atoms with van der Waals surface area (Å²) in [6, 6.07) is 9.96. The highest BCUT2D eigenvalue weighted by molar-refractivity contribution is 5.97. The van der Waals surface area contributed by atoms with Gasteiger partial charge in [-0.15, -0.1) is 0 Å². The van der Waals surface area contributed by atoms with E-state index in [2.05, 4.69) is 16.9 Å². The molecule has 5 heteroatoms. The van der Waals surface area contributed by atoms with Gasteiger partial charge < -0.3 is 14.5 Å². The predicted molar refractivity (Wildman–Crippen MR) is 88.4 cm³/mol. The zero-order chi connectivity index (χ0) is 15.8. The Morgan fingerprint density at radius 2 is 2.09 bits per heavy atom. The summed E-state index contributed by atoms with van der Waals surface area (Å²) >= 11 is 0. The second kappa shape index (κ2) is 5.91. The van der Waals surface area contributed by atoms with Crippen LogP contribution < -0.4 is 0 Å². The number of benzene rings is 1. The molecule has 120 valence electrons. The second-order valence-electron chi connectivity index (χ2n) is 6.65. The minimum atomic E-state index is 0.0686. The number of para-hydroxylation sites is 1. The van der Waals surface area contributed by atoms with E-state index in [4.69, 9.17) is 4.74 Å². The van der Waals surface area contributed by atoms with E-state index < -0.39 is 0 Å². The van der Waals surface area contributed by atoms with Gasteiger partial charge in [0.05, 0.1) is 30.3 Å². The number of pyridine rings is 1. The number of carbonyl (C=O) groups is 1. The Morgan fingerprint density at radius 1 is 1.22 bits per heavy atom. The normalized spacial score (nSPS) is 25.3. The van der Waals surface area contributed by atoms with Crippen LogP contribution in [0, 0.1) is 5.92 Å². The zero-order valence-electron chi connectivity index (χ0n) is 13.3. The number of carbonyl (C=O) groups excluding carboxylic acids is 1.